The number of anilines is 1. The van der Waals surface area contributed by atoms with Crippen LogP contribution in [0.5, 0.6) is 0 Å². The number of hydrogen-bond donors (Lipinski definition) is 2. The fourth-order valence-electron chi connectivity index (χ4n) is 4.82. The van der Waals surface area contributed by atoms with E-state index < -0.39 is 44.4 Å². The Bertz CT molecular complexity index is 1270. The Labute approximate surface area is 214 Å². The van der Waals surface area contributed by atoms with Gasteiger partial charge in [-0.25, -0.2) is 9.78 Å². The smallest absolute Gasteiger partial charge is 0.433 e. The first-order valence-electron chi connectivity index (χ1n) is 12.2. The highest BCUT2D eigenvalue weighted by atomic mass is 32.2. The molecule has 1 aliphatic rings. The molecular formula is C26H31F3N2O5S. The minimum absolute atomic E-state index is 0.0378. The number of halogens is 3. The minimum atomic E-state index is -4.80. The number of pyridine rings is 1. The zero-order valence-corrected chi connectivity index (χ0v) is 21.7. The summed E-state index contributed by atoms with van der Waals surface area (Å²) in [4.78, 5) is 16.3. The summed E-state index contributed by atoms with van der Waals surface area (Å²) in [5.41, 5.74) is -1.33. The number of carbonyl (C=O) groups excluding carboxylic acids is 1. The number of alkyl halides is 3. The van der Waals surface area contributed by atoms with Crippen molar-refractivity contribution in [2.75, 3.05) is 4.72 Å². The second-order valence-corrected chi connectivity index (χ2v) is 10.8. The maximum absolute atomic E-state index is 13.1. The van der Waals surface area contributed by atoms with Crippen molar-refractivity contribution in [2.45, 2.75) is 82.0 Å². The normalized spacial score (nSPS) is 16.9. The number of aromatic nitrogens is 1. The third kappa shape index (κ3) is 6.44. The Morgan fingerprint density at radius 1 is 1.11 bits per heavy atom. The number of aliphatic hydroxyl groups excluding tert-OH is 1. The molecule has 0 fully saturated rings. The lowest BCUT2D eigenvalue weighted by atomic mass is 9.80. The molecule has 1 aliphatic heterocycles. The van der Waals surface area contributed by atoms with E-state index in [4.69, 9.17) is 4.74 Å². The molecule has 0 saturated heterocycles. The van der Waals surface area contributed by atoms with Gasteiger partial charge >= 0.3 is 12.1 Å². The number of cyclic esters (lactones) is 1. The van der Waals surface area contributed by atoms with E-state index in [0.29, 0.717) is 30.9 Å². The van der Waals surface area contributed by atoms with Crippen molar-refractivity contribution in [1.82, 2.24) is 4.98 Å². The molecule has 0 spiro atoms. The van der Waals surface area contributed by atoms with Crippen LogP contribution in [0.25, 0.3) is 0 Å². The highest BCUT2D eigenvalue weighted by Crippen LogP contribution is 2.42. The Hall–Kier alpha value is -3.08. The second-order valence-electron chi connectivity index (χ2n) is 9.16. The van der Waals surface area contributed by atoms with Gasteiger partial charge in [0, 0.05) is 18.0 Å². The molecule has 3 rings (SSSR count). The molecule has 2 aromatic rings. The van der Waals surface area contributed by atoms with Crippen molar-refractivity contribution < 1.29 is 36.2 Å². The Kier molecular flexibility index (Phi) is 8.56. The fraction of sp³-hybridized carbons (Fsp3) is 0.462. The molecular weight excluding hydrogens is 509 g/mol. The number of hydrogen-bond acceptors (Lipinski definition) is 6. The predicted molar refractivity (Wildman–Crippen MR) is 132 cm³/mol. The molecule has 37 heavy (non-hydrogen) atoms. The number of ether oxygens (including phenoxy) is 1. The van der Waals surface area contributed by atoms with Crippen molar-refractivity contribution >= 4 is 21.7 Å². The molecule has 0 amide bonds. The number of benzene rings is 1. The van der Waals surface area contributed by atoms with Gasteiger partial charge in [0.05, 0.1) is 5.57 Å². The Morgan fingerprint density at radius 2 is 1.76 bits per heavy atom. The summed E-state index contributed by atoms with van der Waals surface area (Å²) >= 11 is 0. The van der Waals surface area contributed by atoms with E-state index in [1.54, 1.807) is 12.1 Å². The van der Waals surface area contributed by atoms with Crippen molar-refractivity contribution in [1.29, 1.82) is 0 Å². The summed E-state index contributed by atoms with van der Waals surface area (Å²) in [6, 6.07) is 8.77. The molecule has 2 heterocycles. The van der Waals surface area contributed by atoms with Crippen LogP contribution < -0.4 is 4.72 Å². The average Bonchev–Trinajstić information content (AvgIpc) is 2.81. The predicted octanol–water partition coefficient (Wildman–Crippen LogP) is 6.49. The van der Waals surface area contributed by atoms with Crippen LogP contribution in [0.3, 0.4) is 0 Å². The van der Waals surface area contributed by atoms with Crippen molar-refractivity contribution in [3.05, 3.63) is 65.1 Å². The van der Waals surface area contributed by atoms with Gasteiger partial charge in [0.2, 0.25) is 0 Å². The van der Waals surface area contributed by atoms with Crippen molar-refractivity contribution in [3.63, 3.8) is 0 Å². The zero-order valence-electron chi connectivity index (χ0n) is 20.9. The number of esters is 1. The minimum Gasteiger partial charge on any atom is -0.512 e. The van der Waals surface area contributed by atoms with Crippen LogP contribution in [0.4, 0.5) is 18.9 Å². The lowest BCUT2D eigenvalue weighted by molar-refractivity contribution is -0.161. The fourth-order valence-corrected chi connectivity index (χ4v) is 5.84. The van der Waals surface area contributed by atoms with Gasteiger partial charge in [0.25, 0.3) is 10.0 Å². The van der Waals surface area contributed by atoms with E-state index in [0.717, 1.165) is 25.0 Å². The quantitative estimate of drug-likeness (QED) is 0.334. The monoisotopic (exact) mass is 540 g/mol. The first-order chi connectivity index (χ1) is 17.4. The summed E-state index contributed by atoms with van der Waals surface area (Å²) in [5, 5.41) is 10.2. The van der Waals surface area contributed by atoms with E-state index in [1.807, 2.05) is 20.8 Å². The summed E-state index contributed by atoms with van der Waals surface area (Å²) in [7, 11) is -4.43. The molecule has 0 unspecified atom stereocenters. The number of rotatable bonds is 10. The molecule has 1 aromatic heterocycles. The van der Waals surface area contributed by atoms with E-state index in [-0.39, 0.29) is 23.4 Å². The first kappa shape index (κ1) is 28.5. The average molecular weight is 541 g/mol. The molecule has 7 nitrogen and oxygen atoms in total. The van der Waals surface area contributed by atoms with Gasteiger partial charge in [-0.05, 0) is 49.1 Å². The topological polar surface area (TPSA) is 106 Å². The van der Waals surface area contributed by atoms with E-state index >= 15 is 0 Å². The summed E-state index contributed by atoms with van der Waals surface area (Å²) in [6.07, 6.45) is -1.35. The number of carbonyl (C=O) groups is 1. The van der Waals surface area contributed by atoms with Gasteiger partial charge in [0.1, 0.15) is 17.1 Å². The molecule has 1 aromatic carbocycles. The van der Waals surface area contributed by atoms with Gasteiger partial charge < -0.3 is 9.84 Å². The molecule has 0 radical (unpaired) electrons. The van der Waals surface area contributed by atoms with E-state index in [2.05, 4.69) is 9.71 Å². The highest BCUT2D eigenvalue weighted by molar-refractivity contribution is 7.92. The maximum Gasteiger partial charge on any atom is 0.433 e. The maximum atomic E-state index is 13.1. The third-order valence-corrected chi connectivity index (χ3v) is 7.61. The summed E-state index contributed by atoms with van der Waals surface area (Å²) in [6.45, 7) is 5.79. The van der Waals surface area contributed by atoms with Crippen LogP contribution in [-0.2, 0) is 25.7 Å². The van der Waals surface area contributed by atoms with Gasteiger partial charge in [0.15, 0.2) is 5.03 Å². The number of sulfonamides is 1. The second kappa shape index (κ2) is 11.1. The molecule has 2 N–H and O–H groups in total. The highest BCUT2D eigenvalue weighted by Gasteiger charge is 2.42. The zero-order chi connectivity index (χ0) is 27.4. The molecule has 0 saturated carbocycles. The van der Waals surface area contributed by atoms with Crippen LogP contribution in [0, 0.1) is 0 Å². The lowest BCUT2D eigenvalue weighted by Crippen LogP contribution is -2.41. The van der Waals surface area contributed by atoms with Crippen molar-refractivity contribution in [3.8, 4) is 0 Å². The third-order valence-electron chi connectivity index (χ3n) is 6.33. The van der Waals surface area contributed by atoms with E-state index in [9.17, 15) is 31.5 Å². The Morgan fingerprint density at radius 3 is 2.32 bits per heavy atom. The van der Waals surface area contributed by atoms with Gasteiger partial charge in [-0.1, -0.05) is 51.8 Å². The number of aliphatic hydroxyl groups is 1. The SMILES string of the molecule is CCCC1(CCC)CC(O)=C([C@@H](CC)c2cccc(NS(=O)(=O)c3cccc(C(F)(F)F)n3)c2)C(=O)O1. The Balaban J connectivity index is 1.92. The van der Waals surface area contributed by atoms with Gasteiger partial charge in [-0.3, -0.25) is 4.72 Å². The van der Waals surface area contributed by atoms with Crippen LogP contribution in [0.1, 0.15) is 76.5 Å². The molecule has 202 valence electrons. The van der Waals surface area contributed by atoms with Crippen LogP contribution in [0.2, 0.25) is 0 Å². The van der Waals surface area contributed by atoms with Gasteiger partial charge in [-0.15, -0.1) is 0 Å². The van der Waals surface area contributed by atoms with Crippen LogP contribution in [-0.4, -0.2) is 30.1 Å². The van der Waals surface area contributed by atoms with Crippen LogP contribution in [0.15, 0.2) is 58.8 Å². The van der Waals surface area contributed by atoms with Crippen molar-refractivity contribution in [2.24, 2.45) is 0 Å². The molecule has 11 heteroatoms. The first-order valence-corrected chi connectivity index (χ1v) is 13.7. The standard InChI is InChI=1S/C26H31F3N2O5S/c1-4-13-25(14-5-2)16-20(32)23(24(33)36-25)19(6-3)17-9-7-10-18(15-17)31-37(34,35)22-12-8-11-21(30-22)26(27,28)29/h7-12,15,19,31-32H,4-6,13-14,16H2,1-3H3/t19-/m0/s1. The molecule has 1 atom stereocenters. The van der Waals surface area contributed by atoms with E-state index in [1.165, 1.54) is 12.1 Å². The molecule has 0 aliphatic carbocycles. The summed E-state index contributed by atoms with van der Waals surface area (Å²) < 4.78 is 72.7. The largest absolute Gasteiger partial charge is 0.512 e. The lowest BCUT2D eigenvalue weighted by Gasteiger charge is -2.38. The summed E-state index contributed by atoms with van der Waals surface area (Å²) in [5.74, 6) is -1.22. The van der Waals surface area contributed by atoms with Gasteiger partial charge in [-0.2, -0.15) is 21.6 Å². The number of nitrogens with zero attached hydrogens (tertiary/aromatic N) is 1. The molecule has 0 bridgehead atoms. The number of nitrogens with one attached hydrogen (secondary N) is 1. The van der Waals surface area contributed by atoms with Crippen LogP contribution >= 0.6 is 0 Å².